The van der Waals surface area contributed by atoms with Crippen LogP contribution in [0.25, 0.3) is 0 Å². The van der Waals surface area contributed by atoms with Gasteiger partial charge in [-0.2, -0.15) is 0 Å². The number of nitrogens with one attached hydrogen (secondary N) is 2. The third kappa shape index (κ3) is 6.47. The Bertz CT molecular complexity index is 1070. The van der Waals surface area contributed by atoms with E-state index in [-0.39, 0.29) is 5.78 Å². The van der Waals surface area contributed by atoms with Crippen LogP contribution in [0.2, 0.25) is 0 Å². The number of benzene rings is 3. The van der Waals surface area contributed by atoms with E-state index in [0.717, 1.165) is 16.3 Å². The van der Waals surface area contributed by atoms with Crippen molar-refractivity contribution in [3.8, 4) is 11.5 Å². The first-order valence-electron chi connectivity index (χ1n) is 9.61. The highest BCUT2D eigenvalue weighted by Gasteiger charge is 2.11. The number of hydrogen-bond donors (Lipinski definition) is 2. The normalized spacial score (nSPS) is 10.3. The van der Waals surface area contributed by atoms with E-state index < -0.39 is 0 Å². The third-order valence-electron chi connectivity index (χ3n) is 4.48. The molecule has 0 aromatic heterocycles. The molecule has 0 aliphatic carbocycles. The van der Waals surface area contributed by atoms with Crippen LogP contribution in [0.1, 0.15) is 15.9 Å². The van der Waals surface area contributed by atoms with Gasteiger partial charge in [-0.05, 0) is 67.7 Å². The van der Waals surface area contributed by atoms with E-state index in [0.29, 0.717) is 27.9 Å². The zero-order chi connectivity index (χ0) is 22.2. The van der Waals surface area contributed by atoms with Crippen molar-refractivity contribution < 1.29 is 14.3 Å². The number of Topliss-reactive ketones (excluding diaryl/α,β-unsaturated/α-hetero) is 1. The number of thioether (sulfide) groups is 1. The van der Waals surface area contributed by atoms with Crippen LogP contribution in [0.4, 0.5) is 11.4 Å². The number of carbonyl (C=O) groups excluding carboxylic acids is 1. The number of aryl methyl sites for hydroxylation is 1. The molecule has 0 bridgehead atoms. The minimum Gasteiger partial charge on any atom is -0.493 e. The topological polar surface area (TPSA) is 59.6 Å². The Morgan fingerprint density at radius 3 is 2.32 bits per heavy atom. The average molecular weight is 453 g/mol. The maximum absolute atomic E-state index is 12.6. The fourth-order valence-corrected chi connectivity index (χ4v) is 3.92. The zero-order valence-corrected chi connectivity index (χ0v) is 19.2. The molecule has 31 heavy (non-hydrogen) atoms. The number of hydrogen-bond acceptors (Lipinski definition) is 5. The lowest BCUT2D eigenvalue weighted by Crippen LogP contribution is -2.18. The van der Waals surface area contributed by atoms with Crippen molar-refractivity contribution in [2.45, 2.75) is 11.8 Å². The van der Waals surface area contributed by atoms with Gasteiger partial charge in [-0.1, -0.05) is 23.8 Å². The van der Waals surface area contributed by atoms with Crippen LogP contribution >= 0.6 is 24.0 Å². The molecule has 0 spiro atoms. The van der Waals surface area contributed by atoms with Crippen molar-refractivity contribution in [1.82, 2.24) is 0 Å². The molecule has 0 aliphatic heterocycles. The lowest BCUT2D eigenvalue weighted by Gasteiger charge is -2.12. The number of ether oxygens (including phenoxy) is 2. The largest absolute Gasteiger partial charge is 0.493 e. The van der Waals surface area contributed by atoms with Gasteiger partial charge in [0.25, 0.3) is 0 Å². The molecule has 3 rings (SSSR count). The second kappa shape index (κ2) is 10.8. The highest BCUT2D eigenvalue weighted by atomic mass is 32.2. The molecule has 5 nitrogen and oxygen atoms in total. The lowest BCUT2D eigenvalue weighted by molar-refractivity contribution is 0.102. The Balaban J connectivity index is 1.58. The van der Waals surface area contributed by atoms with Crippen molar-refractivity contribution in [3.63, 3.8) is 0 Å². The first kappa shape index (κ1) is 22.7. The van der Waals surface area contributed by atoms with Crippen LogP contribution in [-0.4, -0.2) is 30.9 Å². The van der Waals surface area contributed by atoms with E-state index in [2.05, 4.69) is 10.6 Å². The first-order valence-corrected chi connectivity index (χ1v) is 11.0. The quantitative estimate of drug-likeness (QED) is 0.255. The molecule has 0 saturated heterocycles. The SMILES string of the molecule is COc1ccc(C(=O)CSc2cccc(NC(=S)Nc3ccc(C)cc3)c2)cc1OC. The summed E-state index contributed by atoms with van der Waals surface area (Å²) in [5.74, 6) is 1.46. The summed E-state index contributed by atoms with van der Waals surface area (Å²) in [5.41, 5.74) is 3.56. The van der Waals surface area contributed by atoms with Crippen molar-refractivity contribution in [1.29, 1.82) is 0 Å². The van der Waals surface area contributed by atoms with E-state index >= 15 is 0 Å². The molecule has 160 valence electrons. The van der Waals surface area contributed by atoms with Crippen LogP contribution in [0, 0.1) is 6.92 Å². The Labute approximate surface area is 192 Å². The van der Waals surface area contributed by atoms with Crippen molar-refractivity contribution in [2.75, 3.05) is 30.6 Å². The van der Waals surface area contributed by atoms with Crippen LogP contribution < -0.4 is 20.1 Å². The number of rotatable bonds is 8. The molecule has 3 aromatic carbocycles. The highest BCUT2D eigenvalue weighted by molar-refractivity contribution is 8.00. The standard InChI is InChI=1S/C24H24N2O3S2/c1-16-7-10-18(11-8-16)25-24(30)26-19-5-4-6-20(14-19)31-15-21(27)17-9-12-22(28-2)23(13-17)29-3/h4-14H,15H2,1-3H3,(H2,25,26,30). The van der Waals surface area contributed by atoms with Crippen molar-refractivity contribution in [3.05, 3.63) is 77.9 Å². The van der Waals surface area contributed by atoms with Gasteiger partial charge in [0, 0.05) is 21.8 Å². The van der Waals surface area contributed by atoms with Gasteiger partial charge in [-0.15, -0.1) is 11.8 Å². The Morgan fingerprint density at radius 2 is 1.61 bits per heavy atom. The Hall–Kier alpha value is -3.03. The van der Waals surface area contributed by atoms with Crippen LogP contribution in [0.15, 0.2) is 71.6 Å². The number of thiocarbonyl (C=S) groups is 1. The number of ketones is 1. The first-order chi connectivity index (χ1) is 15.0. The molecule has 0 saturated carbocycles. The second-order valence-electron chi connectivity index (χ2n) is 6.75. The summed E-state index contributed by atoms with van der Waals surface area (Å²) in [6.07, 6.45) is 0. The van der Waals surface area contributed by atoms with Gasteiger partial charge in [0.1, 0.15) is 0 Å². The zero-order valence-electron chi connectivity index (χ0n) is 17.6. The summed E-state index contributed by atoms with van der Waals surface area (Å²) in [5, 5.41) is 6.86. The minimum absolute atomic E-state index is 0.0147. The minimum atomic E-state index is 0.0147. The number of anilines is 2. The fourth-order valence-electron chi connectivity index (χ4n) is 2.84. The molecule has 0 unspecified atom stereocenters. The fraction of sp³-hybridized carbons (Fsp3) is 0.167. The predicted molar refractivity (Wildman–Crippen MR) is 132 cm³/mol. The summed E-state index contributed by atoms with van der Waals surface area (Å²) < 4.78 is 10.5. The molecule has 0 aliphatic rings. The maximum atomic E-state index is 12.6. The molecule has 2 N–H and O–H groups in total. The summed E-state index contributed by atoms with van der Waals surface area (Å²) >= 11 is 6.87. The van der Waals surface area contributed by atoms with E-state index in [1.807, 2.05) is 55.5 Å². The smallest absolute Gasteiger partial charge is 0.175 e. The molecular weight excluding hydrogens is 428 g/mol. The highest BCUT2D eigenvalue weighted by Crippen LogP contribution is 2.29. The summed E-state index contributed by atoms with van der Waals surface area (Å²) in [6, 6.07) is 21.0. The average Bonchev–Trinajstić information content (AvgIpc) is 2.78. The van der Waals surface area contributed by atoms with E-state index in [1.54, 1.807) is 32.4 Å². The summed E-state index contributed by atoms with van der Waals surface area (Å²) in [6.45, 7) is 2.04. The van der Waals surface area contributed by atoms with E-state index in [4.69, 9.17) is 21.7 Å². The third-order valence-corrected chi connectivity index (χ3v) is 5.67. The van der Waals surface area contributed by atoms with E-state index in [1.165, 1.54) is 17.3 Å². The molecular formula is C24H24N2O3S2. The molecule has 0 heterocycles. The monoisotopic (exact) mass is 452 g/mol. The van der Waals surface area contributed by atoms with Crippen LogP contribution in [0.3, 0.4) is 0 Å². The van der Waals surface area contributed by atoms with Crippen molar-refractivity contribution in [2.24, 2.45) is 0 Å². The van der Waals surface area contributed by atoms with Gasteiger partial charge < -0.3 is 20.1 Å². The molecule has 3 aromatic rings. The summed E-state index contributed by atoms with van der Waals surface area (Å²) in [7, 11) is 3.12. The van der Waals surface area contributed by atoms with Gasteiger partial charge in [-0.3, -0.25) is 4.79 Å². The molecule has 0 fully saturated rings. The molecule has 7 heteroatoms. The number of carbonyl (C=O) groups is 1. The van der Waals surface area contributed by atoms with Crippen LogP contribution in [0.5, 0.6) is 11.5 Å². The molecule has 0 atom stereocenters. The van der Waals surface area contributed by atoms with Gasteiger partial charge in [0.05, 0.1) is 20.0 Å². The summed E-state index contributed by atoms with van der Waals surface area (Å²) in [4.78, 5) is 13.6. The van der Waals surface area contributed by atoms with Gasteiger partial charge in [0.2, 0.25) is 0 Å². The number of methoxy groups -OCH3 is 2. The van der Waals surface area contributed by atoms with Gasteiger partial charge in [-0.25, -0.2) is 0 Å². The van der Waals surface area contributed by atoms with E-state index in [9.17, 15) is 4.79 Å². The van der Waals surface area contributed by atoms with Crippen LogP contribution in [-0.2, 0) is 0 Å². The second-order valence-corrected chi connectivity index (χ2v) is 8.21. The maximum Gasteiger partial charge on any atom is 0.175 e. The van der Waals surface area contributed by atoms with Gasteiger partial charge >= 0.3 is 0 Å². The molecule has 0 radical (unpaired) electrons. The Morgan fingerprint density at radius 1 is 0.903 bits per heavy atom. The van der Waals surface area contributed by atoms with Gasteiger partial charge in [0.15, 0.2) is 22.4 Å². The van der Waals surface area contributed by atoms with Crippen molar-refractivity contribution >= 4 is 46.3 Å². The Kier molecular flexibility index (Phi) is 7.92. The predicted octanol–water partition coefficient (Wildman–Crippen LogP) is 5.80. The molecule has 0 amide bonds. The lowest BCUT2D eigenvalue weighted by atomic mass is 10.1.